The highest BCUT2D eigenvalue weighted by molar-refractivity contribution is 7.18. The van der Waals surface area contributed by atoms with Gasteiger partial charge in [-0.2, -0.15) is 0 Å². The summed E-state index contributed by atoms with van der Waals surface area (Å²) in [5.41, 5.74) is 9.99. The Hall–Kier alpha value is -3.32. The fourth-order valence-electron chi connectivity index (χ4n) is 3.49. The van der Waals surface area contributed by atoms with E-state index in [1.54, 1.807) is 24.7 Å². The van der Waals surface area contributed by atoms with Gasteiger partial charge in [0.1, 0.15) is 11.6 Å². The molecule has 28 heavy (non-hydrogen) atoms. The van der Waals surface area contributed by atoms with Crippen LogP contribution in [-0.4, -0.2) is 12.1 Å². The number of hydrogen-bond donors (Lipinski definition) is 1. The smallest absolute Gasteiger partial charge is 0.227 e. The van der Waals surface area contributed by atoms with Crippen molar-refractivity contribution in [3.8, 4) is 5.75 Å². The van der Waals surface area contributed by atoms with Gasteiger partial charge in [-0.3, -0.25) is 0 Å². The molecule has 1 aliphatic heterocycles. The second-order valence-corrected chi connectivity index (χ2v) is 7.79. The quantitative estimate of drug-likeness (QED) is 0.582. The van der Waals surface area contributed by atoms with Crippen LogP contribution in [0.5, 0.6) is 5.75 Å². The fourth-order valence-corrected chi connectivity index (χ4v) is 4.30. The number of benzene rings is 2. The van der Waals surface area contributed by atoms with E-state index < -0.39 is 0 Å². The summed E-state index contributed by atoms with van der Waals surface area (Å²) in [5, 5.41) is 1.83. The lowest BCUT2D eigenvalue weighted by Gasteiger charge is -2.32. The number of rotatable bonds is 3. The van der Waals surface area contributed by atoms with Gasteiger partial charge >= 0.3 is 0 Å². The Kier molecular flexibility index (Phi) is 3.84. The third-order valence-electron chi connectivity index (χ3n) is 4.83. The lowest BCUT2D eigenvalue weighted by atomic mass is 10.1. The molecule has 0 saturated heterocycles. The van der Waals surface area contributed by atoms with Crippen LogP contribution in [0.15, 0.2) is 64.2 Å². The fraction of sp³-hybridized carbons (Fsp3) is 0.143. The number of aryl methyl sites for hydroxylation is 1. The molecule has 5 rings (SSSR count). The predicted molar refractivity (Wildman–Crippen MR) is 110 cm³/mol. The van der Waals surface area contributed by atoms with E-state index in [1.807, 2.05) is 42.2 Å². The van der Waals surface area contributed by atoms with E-state index in [0.717, 1.165) is 37.4 Å². The molecule has 2 aromatic heterocycles. The first-order valence-electron chi connectivity index (χ1n) is 8.85. The van der Waals surface area contributed by atoms with Crippen LogP contribution in [-0.2, 0) is 0 Å². The summed E-state index contributed by atoms with van der Waals surface area (Å²) in [6, 6.07) is 15.9. The number of ether oxygens (including phenoxy) is 1. The Morgan fingerprint density at radius 2 is 1.96 bits per heavy atom. The minimum atomic E-state index is -0.349. The molecule has 7 heteroatoms. The highest BCUT2D eigenvalue weighted by Gasteiger charge is 2.27. The summed E-state index contributed by atoms with van der Waals surface area (Å²) >= 11 is 1.68. The van der Waals surface area contributed by atoms with Crippen molar-refractivity contribution < 1.29 is 9.15 Å². The van der Waals surface area contributed by atoms with Gasteiger partial charge in [-0.25, -0.2) is 9.98 Å². The highest BCUT2D eigenvalue weighted by Crippen LogP contribution is 2.34. The number of fused-ring (bicyclic) bond motifs is 2. The Balaban J connectivity index is 1.70. The van der Waals surface area contributed by atoms with Crippen molar-refractivity contribution in [1.82, 2.24) is 4.98 Å². The van der Waals surface area contributed by atoms with Crippen molar-refractivity contribution in [2.75, 3.05) is 12.0 Å². The number of furan rings is 1. The van der Waals surface area contributed by atoms with E-state index in [-0.39, 0.29) is 6.17 Å². The average Bonchev–Trinajstić information content (AvgIpc) is 3.33. The maximum absolute atomic E-state index is 6.56. The third kappa shape index (κ3) is 2.63. The molecule has 0 saturated carbocycles. The van der Waals surface area contributed by atoms with Gasteiger partial charge in [-0.1, -0.05) is 6.07 Å². The van der Waals surface area contributed by atoms with Crippen LogP contribution < -0.4 is 26.1 Å². The summed E-state index contributed by atoms with van der Waals surface area (Å²) < 4.78 is 12.0. The molecule has 2 N–H and O–H groups in total. The number of nitrogens with two attached hydrogens (primary N) is 1. The van der Waals surface area contributed by atoms with E-state index in [0.29, 0.717) is 11.4 Å². The molecule has 0 amide bonds. The molecule has 6 nitrogen and oxygen atoms in total. The van der Waals surface area contributed by atoms with Gasteiger partial charge in [0.25, 0.3) is 0 Å². The van der Waals surface area contributed by atoms with Gasteiger partial charge in [-0.05, 0) is 55.0 Å². The lowest BCUT2D eigenvalue weighted by Crippen LogP contribution is -2.43. The molecular formula is C21H18N4O2S. The van der Waals surface area contributed by atoms with Crippen LogP contribution in [0.4, 0.5) is 5.69 Å². The van der Waals surface area contributed by atoms with Crippen LogP contribution >= 0.6 is 11.3 Å². The Morgan fingerprint density at radius 1 is 1.14 bits per heavy atom. The first kappa shape index (κ1) is 16.8. The van der Waals surface area contributed by atoms with Crippen LogP contribution in [0.3, 0.4) is 0 Å². The number of hydrogen-bond acceptors (Lipinski definition) is 7. The molecule has 0 radical (unpaired) electrons. The summed E-state index contributed by atoms with van der Waals surface area (Å²) in [5.74, 6) is 1.39. The SMILES string of the molecule is COc1ccc(N2C(N)=c3ccoc3=NC2c2ccc3sc(C)nc3c2)cc1. The van der Waals surface area contributed by atoms with Crippen LogP contribution in [0.1, 0.15) is 16.7 Å². The second-order valence-electron chi connectivity index (χ2n) is 6.56. The summed E-state index contributed by atoms with van der Waals surface area (Å²) in [7, 11) is 1.65. The first-order valence-corrected chi connectivity index (χ1v) is 9.67. The number of anilines is 1. The van der Waals surface area contributed by atoms with E-state index in [2.05, 4.69) is 23.2 Å². The van der Waals surface area contributed by atoms with Crippen molar-refractivity contribution in [2.45, 2.75) is 13.1 Å². The van der Waals surface area contributed by atoms with Crippen molar-refractivity contribution in [1.29, 1.82) is 0 Å². The summed E-state index contributed by atoms with van der Waals surface area (Å²) in [6.07, 6.45) is 1.27. The topological polar surface area (TPSA) is 76.9 Å². The number of methoxy groups -OCH3 is 1. The number of nitrogens with zero attached hydrogens (tertiary/aromatic N) is 3. The van der Waals surface area contributed by atoms with E-state index in [9.17, 15) is 0 Å². The Bertz CT molecular complexity index is 1290. The van der Waals surface area contributed by atoms with E-state index in [1.165, 1.54) is 0 Å². The maximum Gasteiger partial charge on any atom is 0.227 e. The molecule has 0 fully saturated rings. The van der Waals surface area contributed by atoms with Gasteiger partial charge in [-0.15, -0.1) is 11.3 Å². The van der Waals surface area contributed by atoms with Gasteiger partial charge in [0.15, 0.2) is 6.17 Å². The van der Waals surface area contributed by atoms with Crippen LogP contribution in [0, 0.1) is 6.92 Å². The van der Waals surface area contributed by atoms with Crippen molar-refractivity contribution >= 4 is 33.1 Å². The summed E-state index contributed by atoms with van der Waals surface area (Å²) in [6.45, 7) is 2.01. The molecule has 1 aliphatic rings. The molecule has 1 atom stereocenters. The molecular weight excluding hydrogens is 372 g/mol. The molecule has 0 spiro atoms. The normalized spacial score (nSPS) is 16.1. The van der Waals surface area contributed by atoms with Crippen molar-refractivity contribution in [2.24, 2.45) is 10.7 Å². The molecule has 140 valence electrons. The zero-order valence-electron chi connectivity index (χ0n) is 15.4. The zero-order valence-corrected chi connectivity index (χ0v) is 16.2. The standard InChI is InChI=1S/C21H18N4O2S/c1-12-23-17-11-13(3-8-18(17)28-12)20-24-21-16(9-10-27-21)19(22)25(20)14-4-6-15(26-2)7-5-14/h3-11,20H,22H2,1-2H3. The Labute approximate surface area is 165 Å². The van der Waals surface area contributed by atoms with E-state index in [4.69, 9.17) is 19.9 Å². The minimum Gasteiger partial charge on any atom is -0.497 e. The maximum atomic E-state index is 6.56. The van der Waals surface area contributed by atoms with Gasteiger partial charge < -0.3 is 19.8 Å². The third-order valence-corrected chi connectivity index (χ3v) is 5.78. The second kappa shape index (κ2) is 6.38. The number of thiazole rings is 1. The lowest BCUT2D eigenvalue weighted by molar-refractivity contribution is 0.415. The molecule has 0 bridgehead atoms. The van der Waals surface area contributed by atoms with Crippen molar-refractivity contribution in [3.63, 3.8) is 0 Å². The predicted octanol–water partition coefficient (Wildman–Crippen LogP) is 3.07. The zero-order chi connectivity index (χ0) is 19.3. The largest absolute Gasteiger partial charge is 0.497 e. The highest BCUT2D eigenvalue weighted by atomic mass is 32.1. The molecule has 3 heterocycles. The number of aromatic nitrogens is 1. The van der Waals surface area contributed by atoms with E-state index >= 15 is 0 Å². The average molecular weight is 390 g/mol. The van der Waals surface area contributed by atoms with Gasteiger partial charge in [0.2, 0.25) is 5.55 Å². The first-order chi connectivity index (χ1) is 13.6. The van der Waals surface area contributed by atoms with Gasteiger partial charge in [0, 0.05) is 5.69 Å². The molecule has 0 aliphatic carbocycles. The minimum absolute atomic E-state index is 0.349. The Morgan fingerprint density at radius 3 is 2.75 bits per heavy atom. The van der Waals surface area contributed by atoms with Crippen LogP contribution in [0.2, 0.25) is 0 Å². The van der Waals surface area contributed by atoms with Crippen LogP contribution in [0.25, 0.3) is 16.0 Å². The summed E-state index contributed by atoms with van der Waals surface area (Å²) in [4.78, 5) is 11.5. The molecule has 2 aromatic carbocycles. The monoisotopic (exact) mass is 390 g/mol. The van der Waals surface area contributed by atoms with Gasteiger partial charge in [0.05, 0.1) is 33.8 Å². The van der Waals surface area contributed by atoms with Crippen molar-refractivity contribution in [3.05, 3.63) is 76.1 Å². The molecule has 1 unspecified atom stereocenters. The molecule has 4 aromatic rings.